The molecule has 0 amide bonds. The summed E-state index contributed by atoms with van der Waals surface area (Å²) >= 11 is 0. The van der Waals surface area contributed by atoms with Crippen LogP contribution >= 0.6 is 14.8 Å². The van der Waals surface area contributed by atoms with E-state index in [1.165, 1.54) is 31.8 Å². The van der Waals surface area contributed by atoms with E-state index in [0.29, 0.717) is 0 Å². The molecule has 0 saturated carbocycles. The Hall–Kier alpha value is -4.39. The quantitative estimate of drug-likeness (QED) is 0.212. The van der Waals surface area contributed by atoms with E-state index in [-0.39, 0.29) is 0 Å². The number of nitrogens with one attached hydrogen (secondary N) is 1. The number of carboxylic acids is 1. The van der Waals surface area contributed by atoms with Crippen LogP contribution in [0.3, 0.4) is 0 Å². The van der Waals surface area contributed by atoms with Crippen LogP contribution in [0.4, 0.5) is 0 Å². The minimum atomic E-state index is -2.80. The van der Waals surface area contributed by atoms with Crippen molar-refractivity contribution in [2.75, 3.05) is 0 Å². The maximum atomic E-state index is 9.00. The van der Waals surface area contributed by atoms with Crippen molar-refractivity contribution in [3.8, 4) is 0 Å². The van der Waals surface area contributed by atoms with E-state index in [0.717, 1.165) is 6.92 Å². The number of benzene rings is 6. The Kier molecular flexibility index (Phi) is 9.92. The van der Waals surface area contributed by atoms with Gasteiger partial charge in [-0.05, 0) is 0 Å². The van der Waals surface area contributed by atoms with Gasteiger partial charge in [0.25, 0.3) is 5.97 Å². The molecule has 0 aliphatic rings. The van der Waals surface area contributed by atoms with Gasteiger partial charge in [-0.15, -0.1) is 0 Å². The molecule has 0 aliphatic heterocycles. The van der Waals surface area contributed by atoms with Gasteiger partial charge in [0.15, 0.2) is 0 Å². The summed E-state index contributed by atoms with van der Waals surface area (Å²) in [7, 11) is -5.59. The van der Waals surface area contributed by atoms with Crippen LogP contribution in [0.15, 0.2) is 182 Å². The average molecular weight is 602 g/mol. The van der Waals surface area contributed by atoms with Crippen LogP contribution in [-0.4, -0.2) is 11.1 Å². The molecule has 0 atom stereocenters. The standard InChI is InChI=1S/C36H33NP2.C2H4O2/c1-7-19-31(20-8-1)38(32-21-9-2-10-22-32,33-23-11-3-12-24-33)37-39(34-25-13-4-14-26-34,35-27-15-5-16-28-35)36-29-17-6-18-30-36;1-2(3)4/h1-30,37-39H;1H3,(H,3,4). The van der Waals surface area contributed by atoms with Gasteiger partial charge in [-0.3, -0.25) is 4.79 Å². The number of rotatable bonds is 8. The molecule has 3 nitrogen and oxygen atoms in total. The molecular formula is C38H37NO2P2. The summed E-state index contributed by atoms with van der Waals surface area (Å²) in [6.45, 7) is 1.08. The van der Waals surface area contributed by atoms with E-state index in [2.05, 4.69) is 187 Å². The Morgan fingerprint density at radius 3 is 0.674 bits per heavy atom. The molecule has 0 heterocycles. The predicted molar refractivity (Wildman–Crippen MR) is 190 cm³/mol. The summed E-state index contributed by atoms with van der Waals surface area (Å²) in [5.41, 5.74) is 0. The topological polar surface area (TPSA) is 49.3 Å². The van der Waals surface area contributed by atoms with Crippen molar-refractivity contribution >= 4 is 52.6 Å². The SMILES string of the molecule is CC(=O)O.c1ccc([PH](N[PH](c2ccccc2)(c2ccccc2)c2ccccc2)(c2ccccc2)c2ccccc2)cc1. The van der Waals surface area contributed by atoms with Gasteiger partial charge in [-0.2, -0.15) is 0 Å². The third-order valence-electron chi connectivity index (χ3n) is 7.62. The van der Waals surface area contributed by atoms with Crippen LogP contribution in [0.1, 0.15) is 6.92 Å². The molecule has 0 saturated heterocycles. The van der Waals surface area contributed by atoms with Crippen molar-refractivity contribution in [1.29, 1.82) is 0 Å². The average Bonchev–Trinajstić information content (AvgIpc) is 3.08. The number of carboxylic acid groups (broad SMARTS) is 1. The fourth-order valence-electron chi connectivity index (χ4n) is 5.84. The molecule has 6 aromatic rings. The summed E-state index contributed by atoms with van der Waals surface area (Å²) in [5.74, 6) is -0.833. The van der Waals surface area contributed by atoms with Gasteiger partial charge in [-0.1, -0.05) is 0 Å². The summed E-state index contributed by atoms with van der Waals surface area (Å²) in [4.78, 5) is 13.7. The van der Waals surface area contributed by atoms with Crippen LogP contribution < -0.4 is 36.7 Å². The Balaban J connectivity index is 0.000000868. The van der Waals surface area contributed by atoms with Crippen molar-refractivity contribution in [2.24, 2.45) is 0 Å². The van der Waals surface area contributed by atoms with E-state index in [1.807, 2.05) is 0 Å². The molecule has 5 heteroatoms. The van der Waals surface area contributed by atoms with Gasteiger partial charge >= 0.3 is 234 Å². The van der Waals surface area contributed by atoms with Crippen LogP contribution in [0.2, 0.25) is 0 Å². The first-order valence-corrected chi connectivity index (χ1v) is 18.4. The maximum absolute atomic E-state index is 9.00. The van der Waals surface area contributed by atoms with E-state index < -0.39 is 20.8 Å². The minimum absolute atomic E-state index is 0.833. The zero-order valence-electron chi connectivity index (χ0n) is 24.2. The second-order valence-corrected chi connectivity index (χ2v) is 17.8. The second kappa shape index (κ2) is 14.2. The number of hydrogen-bond donors (Lipinski definition) is 2. The molecule has 216 valence electrons. The van der Waals surface area contributed by atoms with Crippen molar-refractivity contribution in [3.63, 3.8) is 0 Å². The molecule has 2 N–H and O–H groups in total. The number of carbonyl (C=O) groups is 1. The van der Waals surface area contributed by atoms with Gasteiger partial charge < -0.3 is 5.11 Å². The molecule has 6 rings (SSSR count). The second-order valence-electron chi connectivity index (χ2n) is 10.3. The van der Waals surface area contributed by atoms with E-state index >= 15 is 0 Å². The Labute approximate surface area is 255 Å². The Morgan fingerprint density at radius 2 is 0.535 bits per heavy atom. The predicted octanol–water partition coefficient (Wildman–Crippen LogP) is 5.95. The van der Waals surface area contributed by atoms with E-state index in [4.69, 9.17) is 9.90 Å². The molecule has 0 bridgehead atoms. The molecule has 0 radical (unpaired) electrons. The first-order chi connectivity index (χ1) is 21.1. The summed E-state index contributed by atoms with van der Waals surface area (Å²) in [6.07, 6.45) is 0. The van der Waals surface area contributed by atoms with Crippen molar-refractivity contribution in [2.45, 2.75) is 6.92 Å². The molecular weight excluding hydrogens is 564 g/mol. The molecule has 0 unspecified atom stereocenters. The van der Waals surface area contributed by atoms with Crippen LogP contribution in [-0.2, 0) is 4.79 Å². The zero-order chi connectivity index (χ0) is 30.0. The van der Waals surface area contributed by atoms with E-state index in [1.54, 1.807) is 0 Å². The van der Waals surface area contributed by atoms with Crippen LogP contribution in [0, 0.1) is 0 Å². The number of hydrogen-bond acceptors (Lipinski definition) is 2. The normalized spacial score (nSPS) is 11.9. The third kappa shape index (κ3) is 6.51. The summed E-state index contributed by atoms with van der Waals surface area (Å²) in [5, 5.41) is 15.5. The summed E-state index contributed by atoms with van der Waals surface area (Å²) in [6, 6.07) is 66.7. The fraction of sp³-hybridized carbons (Fsp3) is 0.0263. The monoisotopic (exact) mass is 601 g/mol. The Bertz CT molecular complexity index is 1380. The number of aliphatic carboxylic acids is 1. The van der Waals surface area contributed by atoms with Gasteiger partial charge in [0.2, 0.25) is 0 Å². The third-order valence-corrected chi connectivity index (χ3v) is 17.8. The molecule has 0 aromatic heterocycles. The molecule has 0 aliphatic carbocycles. The fourth-order valence-corrected chi connectivity index (χ4v) is 17.7. The molecule has 0 fully saturated rings. The van der Waals surface area contributed by atoms with Gasteiger partial charge in [-0.25, -0.2) is 0 Å². The van der Waals surface area contributed by atoms with Gasteiger partial charge in [0, 0.05) is 6.92 Å². The van der Waals surface area contributed by atoms with Crippen molar-refractivity contribution < 1.29 is 9.90 Å². The molecule has 6 aromatic carbocycles. The van der Waals surface area contributed by atoms with Crippen molar-refractivity contribution in [1.82, 2.24) is 4.86 Å². The van der Waals surface area contributed by atoms with Crippen LogP contribution in [0.25, 0.3) is 0 Å². The van der Waals surface area contributed by atoms with Gasteiger partial charge in [0.1, 0.15) is 0 Å². The zero-order valence-corrected chi connectivity index (χ0v) is 26.2. The first kappa shape index (κ1) is 30.1. The first-order valence-electron chi connectivity index (χ1n) is 14.4. The molecule has 43 heavy (non-hydrogen) atoms. The van der Waals surface area contributed by atoms with Crippen LogP contribution in [0.5, 0.6) is 0 Å². The Morgan fingerprint density at radius 1 is 0.395 bits per heavy atom. The van der Waals surface area contributed by atoms with E-state index in [9.17, 15) is 0 Å². The molecule has 0 spiro atoms. The van der Waals surface area contributed by atoms with Crippen molar-refractivity contribution in [3.05, 3.63) is 182 Å². The summed E-state index contributed by atoms with van der Waals surface area (Å²) < 4.78 is 0. The van der Waals surface area contributed by atoms with Gasteiger partial charge in [0.05, 0.1) is 0 Å².